The van der Waals surface area contributed by atoms with Crippen molar-refractivity contribution >= 4 is 31.1 Å². The summed E-state index contributed by atoms with van der Waals surface area (Å²) in [6, 6.07) is 20.8. The lowest BCUT2D eigenvalue weighted by molar-refractivity contribution is 0.463. The maximum absolute atomic E-state index is 12.0. The SMILES string of the molecule is C[S+](C)c1ccccc1.Cc1ccc(S(=O)(=O)Oc2ccc(S(=O)(=O)[O-])cc2)cc1. The molecule has 0 fully saturated rings. The van der Waals surface area contributed by atoms with Crippen LogP contribution in [0.1, 0.15) is 5.56 Å². The third-order valence-electron chi connectivity index (χ3n) is 3.84. The van der Waals surface area contributed by atoms with E-state index in [-0.39, 0.29) is 10.6 Å². The van der Waals surface area contributed by atoms with E-state index >= 15 is 0 Å². The van der Waals surface area contributed by atoms with Crippen LogP contribution in [-0.4, -0.2) is 33.9 Å². The Bertz CT molecular complexity index is 1150. The Labute approximate surface area is 180 Å². The Kier molecular flexibility index (Phi) is 8.08. The molecule has 30 heavy (non-hydrogen) atoms. The molecule has 160 valence electrons. The van der Waals surface area contributed by atoms with Crippen LogP contribution in [0.15, 0.2) is 93.5 Å². The molecule has 0 spiro atoms. The Balaban J connectivity index is 0.000000297. The van der Waals surface area contributed by atoms with E-state index in [9.17, 15) is 21.4 Å². The highest BCUT2D eigenvalue weighted by atomic mass is 32.2. The summed E-state index contributed by atoms with van der Waals surface area (Å²) in [4.78, 5) is 0.966. The predicted molar refractivity (Wildman–Crippen MR) is 117 cm³/mol. The summed E-state index contributed by atoms with van der Waals surface area (Å²) in [5.74, 6) is -0.0806. The van der Waals surface area contributed by atoms with Gasteiger partial charge in [0.1, 0.15) is 33.3 Å². The van der Waals surface area contributed by atoms with Gasteiger partial charge in [0.05, 0.1) is 4.90 Å². The second-order valence-corrected chi connectivity index (χ2v) is 11.4. The minimum Gasteiger partial charge on any atom is -0.744 e. The molecule has 6 nitrogen and oxygen atoms in total. The highest BCUT2D eigenvalue weighted by molar-refractivity contribution is 7.95. The second-order valence-electron chi connectivity index (χ2n) is 6.41. The predicted octanol–water partition coefficient (Wildman–Crippen LogP) is 3.59. The molecule has 0 aliphatic rings. The van der Waals surface area contributed by atoms with Crippen molar-refractivity contribution in [2.24, 2.45) is 0 Å². The van der Waals surface area contributed by atoms with E-state index in [4.69, 9.17) is 4.18 Å². The molecule has 0 atom stereocenters. The fourth-order valence-electron chi connectivity index (χ4n) is 2.23. The number of benzene rings is 3. The average molecular weight is 467 g/mol. The molecule has 0 heterocycles. The van der Waals surface area contributed by atoms with Crippen LogP contribution in [0, 0.1) is 6.92 Å². The first-order chi connectivity index (χ1) is 14.0. The Morgan fingerprint density at radius 2 is 1.23 bits per heavy atom. The van der Waals surface area contributed by atoms with E-state index in [0.717, 1.165) is 29.8 Å². The Hall–Kier alpha value is -2.33. The first-order valence-electron chi connectivity index (χ1n) is 8.69. The highest BCUT2D eigenvalue weighted by Crippen LogP contribution is 2.21. The highest BCUT2D eigenvalue weighted by Gasteiger charge is 2.16. The van der Waals surface area contributed by atoms with E-state index in [1.807, 2.05) is 6.92 Å². The van der Waals surface area contributed by atoms with Crippen molar-refractivity contribution in [3.63, 3.8) is 0 Å². The summed E-state index contributed by atoms with van der Waals surface area (Å²) in [5, 5.41) is 0. The van der Waals surface area contributed by atoms with Crippen LogP contribution >= 0.6 is 0 Å². The molecule has 0 aliphatic heterocycles. The topological polar surface area (TPSA) is 101 Å². The summed E-state index contributed by atoms with van der Waals surface area (Å²) in [6.07, 6.45) is 4.46. The van der Waals surface area contributed by atoms with Crippen LogP contribution in [0.25, 0.3) is 0 Å². The zero-order chi connectivity index (χ0) is 22.4. The van der Waals surface area contributed by atoms with Crippen LogP contribution in [0.4, 0.5) is 0 Å². The van der Waals surface area contributed by atoms with Crippen LogP contribution in [-0.2, 0) is 31.1 Å². The molecule has 0 amide bonds. The standard InChI is InChI=1S/C13H12O6S2.C8H11S/c1-10-2-6-13(7-3-10)21(17,18)19-11-4-8-12(9-5-11)20(14,15)16;1-9(2)8-6-4-3-5-7-8/h2-9H,1H3,(H,14,15,16);3-7H,1-2H3/q;+1/p-1. The number of rotatable bonds is 5. The fourth-order valence-corrected chi connectivity index (χ4v) is 4.34. The molecule has 9 heteroatoms. The number of aryl methyl sites for hydroxylation is 1. The summed E-state index contributed by atoms with van der Waals surface area (Å²) < 4.78 is 61.2. The van der Waals surface area contributed by atoms with Gasteiger partial charge in [-0.05, 0) is 55.5 Å². The van der Waals surface area contributed by atoms with Gasteiger partial charge in [-0.1, -0.05) is 35.9 Å². The monoisotopic (exact) mass is 466 g/mol. The van der Waals surface area contributed by atoms with Crippen molar-refractivity contribution < 1.29 is 25.6 Å². The number of hydrogen-bond acceptors (Lipinski definition) is 6. The van der Waals surface area contributed by atoms with E-state index in [0.29, 0.717) is 10.9 Å². The van der Waals surface area contributed by atoms with Gasteiger partial charge in [-0.2, -0.15) is 8.42 Å². The van der Waals surface area contributed by atoms with Gasteiger partial charge >= 0.3 is 10.1 Å². The van der Waals surface area contributed by atoms with Crippen molar-refractivity contribution in [1.29, 1.82) is 0 Å². The van der Waals surface area contributed by atoms with Crippen molar-refractivity contribution in [2.75, 3.05) is 12.5 Å². The lowest BCUT2D eigenvalue weighted by Gasteiger charge is -2.09. The molecule has 0 aliphatic carbocycles. The van der Waals surface area contributed by atoms with Gasteiger partial charge in [0.15, 0.2) is 4.90 Å². The smallest absolute Gasteiger partial charge is 0.339 e. The van der Waals surface area contributed by atoms with E-state index < -0.39 is 25.1 Å². The minimum atomic E-state index is -4.58. The third-order valence-corrected chi connectivity index (χ3v) is 7.17. The van der Waals surface area contributed by atoms with Crippen molar-refractivity contribution in [3.05, 3.63) is 84.4 Å². The molecular formula is C21H22O6S3. The van der Waals surface area contributed by atoms with Gasteiger partial charge in [-0.25, -0.2) is 8.42 Å². The Morgan fingerprint density at radius 3 is 1.67 bits per heavy atom. The largest absolute Gasteiger partial charge is 0.744 e. The minimum absolute atomic E-state index is 0.0198. The van der Waals surface area contributed by atoms with Crippen LogP contribution < -0.4 is 4.18 Å². The quantitative estimate of drug-likeness (QED) is 0.324. The zero-order valence-electron chi connectivity index (χ0n) is 16.7. The molecule has 0 bridgehead atoms. The van der Waals surface area contributed by atoms with E-state index in [1.54, 1.807) is 12.1 Å². The van der Waals surface area contributed by atoms with Crippen LogP contribution in [0.5, 0.6) is 5.75 Å². The molecule has 3 aromatic rings. The first-order valence-corrected chi connectivity index (χ1v) is 13.5. The lowest BCUT2D eigenvalue weighted by Crippen LogP contribution is -2.09. The molecule has 0 saturated carbocycles. The molecule has 0 saturated heterocycles. The van der Waals surface area contributed by atoms with Gasteiger partial charge in [-0.3, -0.25) is 0 Å². The van der Waals surface area contributed by atoms with Crippen molar-refractivity contribution in [1.82, 2.24) is 0 Å². The normalized spacial score (nSPS) is 11.5. The maximum Gasteiger partial charge on any atom is 0.339 e. The maximum atomic E-state index is 12.0. The molecule has 3 aromatic carbocycles. The zero-order valence-corrected chi connectivity index (χ0v) is 19.1. The first kappa shape index (κ1) is 23.9. The van der Waals surface area contributed by atoms with Gasteiger partial charge in [0.2, 0.25) is 0 Å². The van der Waals surface area contributed by atoms with Crippen LogP contribution in [0.3, 0.4) is 0 Å². The summed E-state index contributed by atoms with van der Waals surface area (Å²) in [7, 11) is -8.16. The van der Waals surface area contributed by atoms with E-state index in [2.05, 4.69) is 42.8 Å². The van der Waals surface area contributed by atoms with Gasteiger partial charge in [0, 0.05) is 10.9 Å². The lowest BCUT2D eigenvalue weighted by atomic mass is 10.2. The van der Waals surface area contributed by atoms with E-state index in [1.165, 1.54) is 17.0 Å². The summed E-state index contributed by atoms with van der Waals surface area (Å²) in [6.45, 7) is 1.82. The molecular weight excluding hydrogens is 444 g/mol. The Morgan fingerprint density at radius 1 is 0.733 bits per heavy atom. The molecule has 0 aromatic heterocycles. The van der Waals surface area contributed by atoms with Gasteiger partial charge in [0.25, 0.3) is 0 Å². The van der Waals surface area contributed by atoms with Crippen molar-refractivity contribution in [3.8, 4) is 5.75 Å². The summed E-state index contributed by atoms with van der Waals surface area (Å²) >= 11 is 0. The molecule has 0 unspecified atom stereocenters. The third kappa shape index (κ3) is 7.17. The molecule has 0 radical (unpaired) electrons. The van der Waals surface area contributed by atoms with Gasteiger partial charge in [-0.15, -0.1) is 0 Å². The molecule has 0 N–H and O–H groups in total. The number of hydrogen-bond donors (Lipinski definition) is 0. The van der Waals surface area contributed by atoms with Crippen molar-refractivity contribution in [2.45, 2.75) is 21.6 Å². The van der Waals surface area contributed by atoms with Crippen LogP contribution in [0.2, 0.25) is 0 Å². The average Bonchev–Trinajstić information content (AvgIpc) is 2.69. The summed E-state index contributed by atoms with van der Waals surface area (Å²) in [5.41, 5.74) is 0.902. The van der Waals surface area contributed by atoms with Gasteiger partial charge < -0.3 is 8.74 Å². The second kappa shape index (κ2) is 10.1. The molecule has 3 rings (SSSR count). The fraction of sp³-hybridized carbons (Fsp3) is 0.143.